The number of para-hydroxylation sites is 3. The highest BCUT2D eigenvalue weighted by molar-refractivity contribution is 7.89. The molecule has 1 saturated heterocycles. The highest BCUT2D eigenvalue weighted by Crippen LogP contribution is 2.32. The minimum Gasteiger partial charge on any atom is -0.495 e. The maximum atomic E-state index is 13.2. The predicted octanol–water partition coefficient (Wildman–Crippen LogP) is 5.18. The largest absolute Gasteiger partial charge is 0.495 e. The van der Waals surface area contributed by atoms with Crippen molar-refractivity contribution >= 4 is 33.2 Å². The van der Waals surface area contributed by atoms with Gasteiger partial charge < -0.3 is 14.8 Å². The van der Waals surface area contributed by atoms with Gasteiger partial charge in [-0.2, -0.15) is 4.31 Å². The van der Waals surface area contributed by atoms with Crippen molar-refractivity contribution in [2.75, 3.05) is 25.5 Å². The summed E-state index contributed by atoms with van der Waals surface area (Å²) >= 11 is 6.13. The number of carbonyl (C=O) groups is 1. The number of methoxy groups -OCH3 is 1. The van der Waals surface area contributed by atoms with Crippen LogP contribution in [0.2, 0.25) is 5.02 Å². The van der Waals surface area contributed by atoms with E-state index in [1.54, 1.807) is 18.2 Å². The molecule has 178 valence electrons. The lowest BCUT2D eigenvalue weighted by Crippen LogP contribution is -2.43. The van der Waals surface area contributed by atoms with Gasteiger partial charge in [0.05, 0.1) is 28.6 Å². The summed E-state index contributed by atoms with van der Waals surface area (Å²) in [5.41, 5.74) is 0.526. The Morgan fingerprint density at radius 2 is 1.76 bits per heavy atom. The van der Waals surface area contributed by atoms with E-state index in [1.165, 1.54) is 29.6 Å². The van der Waals surface area contributed by atoms with Crippen molar-refractivity contribution in [3.63, 3.8) is 0 Å². The number of nitrogens with one attached hydrogen (secondary N) is 1. The average molecular weight is 501 g/mol. The molecule has 0 saturated carbocycles. The van der Waals surface area contributed by atoms with E-state index < -0.39 is 15.9 Å². The second-order valence-corrected chi connectivity index (χ2v) is 10.2. The maximum Gasteiger partial charge on any atom is 0.243 e. The molecule has 1 amide bonds. The Labute approximate surface area is 204 Å². The zero-order valence-electron chi connectivity index (χ0n) is 18.6. The number of rotatable bonds is 7. The van der Waals surface area contributed by atoms with E-state index in [1.807, 2.05) is 36.4 Å². The summed E-state index contributed by atoms with van der Waals surface area (Å²) in [4.78, 5) is 13.2. The number of nitrogens with zero attached hydrogens (tertiary/aromatic N) is 1. The first kappa shape index (κ1) is 24.1. The number of amides is 1. The molecule has 1 aliphatic heterocycles. The van der Waals surface area contributed by atoms with Gasteiger partial charge >= 0.3 is 0 Å². The van der Waals surface area contributed by atoms with Gasteiger partial charge in [0.2, 0.25) is 15.9 Å². The van der Waals surface area contributed by atoms with Crippen LogP contribution in [0.3, 0.4) is 0 Å². The van der Waals surface area contributed by atoms with Gasteiger partial charge in [0.25, 0.3) is 0 Å². The predicted molar refractivity (Wildman–Crippen MR) is 131 cm³/mol. The lowest BCUT2D eigenvalue weighted by molar-refractivity contribution is -0.120. The number of hydrogen-bond donors (Lipinski definition) is 1. The van der Waals surface area contributed by atoms with Crippen LogP contribution in [-0.2, 0) is 14.8 Å². The summed E-state index contributed by atoms with van der Waals surface area (Å²) in [6.07, 6.45) is 1.16. The molecule has 1 fully saturated rings. The number of halogens is 1. The molecule has 0 unspecified atom stereocenters. The molecule has 1 atom stereocenters. The number of piperidine rings is 1. The summed E-state index contributed by atoms with van der Waals surface area (Å²) < 4.78 is 38.8. The van der Waals surface area contributed by atoms with Crippen LogP contribution in [0, 0.1) is 5.92 Å². The van der Waals surface area contributed by atoms with Crippen LogP contribution in [0.5, 0.6) is 17.2 Å². The first-order valence-electron chi connectivity index (χ1n) is 10.8. The lowest BCUT2D eigenvalue weighted by Gasteiger charge is -2.31. The molecule has 1 heterocycles. The molecular formula is C25H25ClN2O5S. The number of hydrogen-bond acceptors (Lipinski definition) is 5. The van der Waals surface area contributed by atoms with Gasteiger partial charge in [-0.1, -0.05) is 41.9 Å². The third-order valence-corrected chi connectivity index (χ3v) is 7.79. The van der Waals surface area contributed by atoms with Crippen LogP contribution >= 0.6 is 11.6 Å². The SMILES string of the molecule is COc1ccc(S(=O)(=O)N2CCC[C@H](C(=O)Nc3ccccc3Oc3ccccc3)C2)cc1Cl. The van der Waals surface area contributed by atoms with Crippen LogP contribution in [0.15, 0.2) is 77.7 Å². The number of sulfonamides is 1. The minimum atomic E-state index is -3.81. The van der Waals surface area contributed by atoms with Gasteiger partial charge in [-0.3, -0.25) is 4.79 Å². The quantitative estimate of drug-likeness (QED) is 0.483. The third kappa shape index (κ3) is 5.35. The molecule has 0 radical (unpaired) electrons. The topological polar surface area (TPSA) is 84.9 Å². The fraction of sp³-hybridized carbons (Fsp3) is 0.240. The van der Waals surface area contributed by atoms with E-state index in [9.17, 15) is 13.2 Å². The zero-order valence-corrected chi connectivity index (χ0v) is 20.2. The maximum absolute atomic E-state index is 13.2. The molecule has 0 aliphatic carbocycles. The fourth-order valence-corrected chi connectivity index (χ4v) is 5.71. The summed E-state index contributed by atoms with van der Waals surface area (Å²) in [6.45, 7) is 0.420. The number of anilines is 1. The van der Waals surface area contributed by atoms with Crippen molar-refractivity contribution in [2.45, 2.75) is 17.7 Å². The smallest absolute Gasteiger partial charge is 0.243 e. The summed E-state index contributed by atoms with van der Waals surface area (Å²) in [6, 6.07) is 20.8. The van der Waals surface area contributed by atoms with Gasteiger partial charge in [-0.25, -0.2) is 8.42 Å². The summed E-state index contributed by atoms with van der Waals surface area (Å²) in [7, 11) is -2.34. The van der Waals surface area contributed by atoms with Crippen molar-refractivity contribution in [3.05, 3.63) is 77.8 Å². The highest BCUT2D eigenvalue weighted by atomic mass is 35.5. The van der Waals surface area contributed by atoms with E-state index in [-0.39, 0.29) is 22.4 Å². The molecule has 1 aliphatic rings. The van der Waals surface area contributed by atoms with Crippen molar-refractivity contribution in [1.29, 1.82) is 0 Å². The Kier molecular flexibility index (Phi) is 7.41. The van der Waals surface area contributed by atoms with Crippen LogP contribution in [0.25, 0.3) is 0 Å². The Balaban J connectivity index is 1.48. The molecule has 0 aromatic heterocycles. The second-order valence-electron chi connectivity index (χ2n) is 7.90. The summed E-state index contributed by atoms with van der Waals surface area (Å²) in [5, 5.41) is 3.13. The Hall–Kier alpha value is -3.07. The number of carbonyl (C=O) groups excluding carboxylic acids is 1. The van der Waals surface area contributed by atoms with Crippen molar-refractivity contribution in [2.24, 2.45) is 5.92 Å². The lowest BCUT2D eigenvalue weighted by atomic mass is 9.98. The second kappa shape index (κ2) is 10.5. The normalized spacial score (nSPS) is 16.6. The van der Waals surface area contributed by atoms with Gasteiger partial charge in [-0.05, 0) is 55.3 Å². The van der Waals surface area contributed by atoms with Gasteiger partial charge in [-0.15, -0.1) is 0 Å². The van der Waals surface area contributed by atoms with Crippen molar-refractivity contribution in [3.8, 4) is 17.2 Å². The van der Waals surface area contributed by atoms with Crippen molar-refractivity contribution in [1.82, 2.24) is 4.31 Å². The number of ether oxygens (including phenoxy) is 2. The van der Waals surface area contributed by atoms with E-state index in [0.717, 1.165) is 0 Å². The van der Waals surface area contributed by atoms with Crippen LogP contribution in [-0.4, -0.2) is 38.8 Å². The standard InChI is InChI=1S/C25H25ClN2O5S/c1-32-23-14-13-20(16-21(23)26)34(30,31)28-15-7-8-18(17-28)25(29)27-22-11-5-6-12-24(22)33-19-9-3-2-4-10-19/h2-6,9-14,16,18H,7-8,15,17H2,1H3,(H,27,29)/t18-/m0/s1. The fourth-order valence-electron chi connectivity index (χ4n) is 3.84. The molecule has 3 aromatic carbocycles. The molecule has 9 heteroatoms. The monoisotopic (exact) mass is 500 g/mol. The molecule has 3 aromatic rings. The molecule has 1 N–H and O–H groups in total. The number of benzene rings is 3. The molecule has 0 bridgehead atoms. The van der Waals surface area contributed by atoms with Gasteiger partial charge in [0.1, 0.15) is 11.5 Å². The first-order chi connectivity index (χ1) is 16.4. The average Bonchev–Trinajstić information content (AvgIpc) is 2.86. The van der Waals surface area contributed by atoms with Gasteiger partial charge in [0, 0.05) is 13.1 Å². The zero-order chi connectivity index (χ0) is 24.1. The molecule has 0 spiro atoms. The first-order valence-corrected chi connectivity index (χ1v) is 12.7. The van der Waals surface area contributed by atoms with E-state index in [2.05, 4.69) is 5.32 Å². The Morgan fingerprint density at radius 1 is 1.03 bits per heavy atom. The molecule has 4 rings (SSSR count). The summed E-state index contributed by atoms with van der Waals surface area (Å²) in [5.74, 6) is 0.805. The van der Waals surface area contributed by atoms with Crippen LogP contribution < -0.4 is 14.8 Å². The minimum absolute atomic E-state index is 0.0703. The molecule has 34 heavy (non-hydrogen) atoms. The van der Waals surface area contributed by atoms with Crippen molar-refractivity contribution < 1.29 is 22.7 Å². The highest BCUT2D eigenvalue weighted by Gasteiger charge is 2.34. The van der Waals surface area contributed by atoms with Crippen LogP contribution in [0.4, 0.5) is 5.69 Å². The molecular weight excluding hydrogens is 476 g/mol. The van der Waals surface area contributed by atoms with Gasteiger partial charge in [0.15, 0.2) is 5.75 Å². The molecule has 7 nitrogen and oxygen atoms in total. The Bertz CT molecular complexity index is 1270. The van der Waals surface area contributed by atoms with E-state index in [4.69, 9.17) is 21.1 Å². The third-order valence-electron chi connectivity index (χ3n) is 5.63. The van der Waals surface area contributed by atoms with Crippen LogP contribution in [0.1, 0.15) is 12.8 Å². The van der Waals surface area contributed by atoms with E-state index in [0.29, 0.717) is 42.3 Å². The Morgan fingerprint density at radius 3 is 2.50 bits per heavy atom. The van der Waals surface area contributed by atoms with E-state index >= 15 is 0 Å².